The fourth-order valence-electron chi connectivity index (χ4n) is 2.11. The van der Waals surface area contributed by atoms with Crippen molar-refractivity contribution in [2.45, 2.75) is 20.4 Å². The van der Waals surface area contributed by atoms with Crippen molar-refractivity contribution in [1.82, 2.24) is 5.32 Å². The Morgan fingerprint density at radius 3 is 2.67 bits per heavy atom. The van der Waals surface area contributed by atoms with Crippen molar-refractivity contribution < 1.29 is 4.79 Å². The number of benzene rings is 1. The Bertz CT molecular complexity index is 418. The number of nitrogens with two attached hydrogens (primary N) is 1. The van der Waals surface area contributed by atoms with E-state index < -0.39 is 0 Å². The summed E-state index contributed by atoms with van der Waals surface area (Å²) in [6, 6.07) is 6.19. The second-order valence-corrected chi connectivity index (χ2v) is 4.72. The first-order valence-electron chi connectivity index (χ1n) is 6.22. The highest BCUT2D eigenvalue weighted by Crippen LogP contribution is 2.21. The van der Waals surface area contributed by atoms with Gasteiger partial charge in [0.15, 0.2) is 0 Å². The first-order chi connectivity index (χ1) is 8.49. The Balaban J connectivity index is 2.78. The summed E-state index contributed by atoms with van der Waals surface area (Å²) < 4.78 is 0. The molecule has 3 N–H and O–H groups in total. The van der Waals surface area contributed by atoms with Crippen molar-refractivity contribution in [2.75, 3.05) is 25.5 Å². The van der Waals surface area contributed by atoms with Crippen LogP contribution in [0, 0.1) is 12.8 Å². The van der Waals surface area contributed by atoms with E-state index in [1.54, 1.807) is 7.05 Å². The van der Waals surface area contributed by atoms with Crippen LogP contribution in [0.1, 0.15) is 18.1 Å². The van der Waals surface area contributed by atoms with Gasteiger partial charge in [0, 0.05) is 32.9 Å². The number of amides is 1. The molecule has 100 valence electrons. The van der Waals surface area contributed by atoms with Crippen molar-refractivity contribution in [3.63, 3.8) is 0 Å². The third kappa shape index (κ3) is 3.47. The summed E-state index contributed by atoms with van der Waals surface area (Å²) in [7, 11) is 3.67. The second-order valence-electron chi connectivity index (χ2n) is 4.72. The van der Waals surface area contributed by atoms with Crippen molar-refractivity contribution in [1.29, 1.82) is 0 Å². The molecule has 1 aromatic carbocycles. The molecule has 0 fully saturated rings. The molecule has 1 atom stereocenters. The second kappa shape index (κ2) is 6.40. The molecule has 0 radical (unpaired) electrons. The average molecular weight is 249 g/mol. The fraction of sp³-hybridized carbons (Fsp3) is 0.500. The highest BCUT2D eigenvalue weighted by Gasteiger charge is 2.14. The molecule has 1 rings (SSSR count). The van der Waals surface area contributed by atoms with E-state index in [0.29, 0.717) is 13.1 Å². The van der Waals surface area contributed by atoms with Crippen LogP contribution in [0.5, 0.6) is 0 Å². The van der Waals surface area contributed by atoms with Crippen molar-refractivity contribution >= 4 is 11.6 Å². The van der Waals surface area contributed by atoms with Crippen LogP contribution in [0.3, 0.4) is 0 Å². The summed E-state index contributed by atoms with van der Waals surface area (Å²) in [5.41, 5.74) is 9.07. The van der Waals surface area contributed by atoms with E-state index in [2.05, 4.69) is 29.3 Å². The third-order valence-electron chi connectivity index (χ3n) is 3.15. The Morgan fingerprint density at radius 1 is 1.50 bits per heavy atom. The standard InChI is InChI=1S/C14H23N3O/c1-10-7-12(8-15)5-6-13(10)17(4)9-11(2)14(18)16-3/h5-7,11H,8-9,15H2,1-4H3,(H,16,18). The van der Waals surface area contributed by atoms with Crippen LogP contribution >= 0.6 is 0 Å². The molecule has 18 heavy (non-hydrogen) atoms. The quantitative estimate of drug-likeness (QED) is 0.826. The van der Waals surface area contributed by atoms with E-state index in [1.165, 1.54) is 5.56 Å². The predicted molar refractivity (Wildman–Crippen MR) is 75.6 cm³/mol. The minimum Gasteiger partial charge on any atom is -0.374 e. The molecule has 4 nitrogen and oxygen atoms in total. The number of aryl methyl sites for hydroxylation is 1. The molecule has 0 aliphatic rings. The first-order valence-corrected chi connectivity index (χ1v) is 6.22. The molecular weight excluding hydrogens is 226 g/mol. The lowest BCUT2D eigenvalue weighted by molar-refractivity contribution is -0.123. The third-order valence-corrected chi connectivity index (χ3v) is 3.15. The lowest BCUT2D eigenvalue weighted by Crippen LogP contribution is -2.34. The van der Waals surface area contributed by atoms with Gasteiger partial charge in [-0.15, -0.1) is 0 Å². The number of carbonyl (C=O) groups is 1. The van der Waals surface area contributed by atoms with Crippen LogP contribution in [0.4, 0.5) is 5.69 Å². The zero-order valence-electron chi connectivity index (χ0n) is 11.7. The van der Waals surface area contributed by atoms with E-state index in [9.17, 15) is 4.79 Å². The van der Waals surface area contributed by atoms with Gasteiger partial charge in [-0.1, -0.05) is 19.1 Å². The maximum absolute atomic E-state index is 11.5. The van der Waals surface area contributed by atoms with Crippen LogP contribution in [-0.4, -0.2) is 26.5 Å². The minimum atomic E-state index is -0.0337. The molecule has 0 aliphatic heterocycles. The number of hydrogen-bond acceptors (Lipinski definition) is 3. The molecular formula is C14H23N3O. The van der Waals surface area contributed by atoms with Gasteiger partial charge in [0.2, 0.25) is 5.91 Å². The maximum atomic E-state index is 11.5. The first kappa shape index (κ1) is 14.5. The summed E-state index contributed by atoms with van der Waals surface area (Å²) in [6.45, 7) is 5.25. The molecule has 0 bridgehead atoms. The number of nitrogens with one attached hydrogen (secondary N) is 1. The summed E-state index contributed by atoms with van der Waals surface area (Å²) in [5.74, 6) is 0.0340. The molecule has 1 aromatic rings. The molecule has 0 heterocycles. The Labute approximate surface area is 109 Å². The molecule has 0 spiro atoms. The summed E-state index contributed by atoms with van der Waals surface area (Å²) >= 11 is 0. The highest BCUT2D eigenvalue weighted by molar-refractivity contribution is 5.78. The van der Waals surface area contributed by atoms with E-state index >= 15 is 0 Å². The van der Waals surface area contributed by atoms with Gasteiger partial charge in [0.25, 0.3) is 0 Å². The largest absolute Gasteiger partial charge is 0.374 e. The number of carbonyl (C=O) groups excluding carboxylic acids is 1. The van der Waals surface area contributed by atoms with E-state index in [4.69, 9.17) is 5.73 Å². The van der Waals surface area contributed by atoms with Gasteiger partial charge in [-0.2, -0.15) is 0 Å². The molecule has 4 heteroatoms. The topological polar surface area (TPSA) is 58.4 Å². The van der Waals surface area contributed by atoms with Gasteiger partial charge in [0.1, 0.15) is 0 Å². The van der Waals surface area contributed by atoms with Gasteiger partial charge in [-0.3, -0.25) is 4.79 Å². The number of anilines is 1. The normalized spacial score (nSPS) is 12.1. The average Bonchev–Trinajstić information content (AvgIpc) is 2.37. The predicted octanol–water partition coefficient (Wildman–Crippen LogP) is 1.27. The molecule has 1 amide bonds. The molecule has 0 saturated carbocycles. The minimum absolute atomic E-state index is 0.0337. The molecule has 1 unspecified atom stereocenters. The van der Waals surface area contributed by atoms with E-state index in [0.717, 1.165) is 11.3 Å². The zero-order valence-corrected chi connectivity index (χ0v) is 11.7. The van der Waals surface area contributed by atoms with Crippen molar-refractivity contribution in [3.8, 4) is 0 Å². The number of nitrogens with zero attached hydrogens (tertiary/aromatic N) is 1. The Kier molecular flexibility index (Phi) is 5.16. The van der Waals surface area contributed by atoms with Crippen molar-refractivity contribution in [3.05, 3.63) is 29.3 Å². The van der Waals surface area contributed by atoms with Gasteiger partial charge in [-0.25, -0.2) is 0 Å². The summed E-state index contributed by atoms with van der Waals surface area (Å²) in [4.78, 5) is 13.6. The monoisotopic (exact) mass is 249 g/mol. The molecule has 0 saturated heterocycles. The van der Waals surface area contributed by atoms with Crippen LogP contribution in [-0.2, 0) is 11.3 Å². The smallest absolute Gasteiger partial charge is 0.224 e. The number of rotatable bonds is 5. The Hall–Kier alpha value is -1.55. The van der Waals surface area contributed by atoms with Gasteiger partial charge in [0.05, 0.1) is 5.92 Å². The van der Waals surface area contributed by atoms with Crippen LogP contribution in [0.15, 0.2) is 18.2 Å². The molecule has 0 aliphatic carbocycles. The van der Waals surface area contributed by atoms with E-state index in [1.807, 2.05) is 20.0 Å². The van der Waals surface area contributed by atoms with Gasteiger partial charge in [-0.05, 0) is 24.1 Å². The van der Waals surface area contributed by atoms with Crippen molar-refractivity contribution in [2.24, 2.45) is 11.7 Å². The summed E-state index contributed by atoms with van der Waals surface area (Å²) in [6.07, 6.45) is 0. The number of hydrogen-bond donors (Lipinski definition) is 2. The maximum Gasteiger partial charge on any atom is 0.224 e. The summed E-state index contributed by atoms with van der Waals surface area (Å²) in [5, 5.41) is 2.67. The Morgan fingerprint density at radius 2 is 2.17 bits per heavy atom. The highest BCUT2D eigenvalue weighted by atomic mass is 16.1. The van der Waals surface area contributed by atoms with Crippen LogP contribution in [0.25, 0.3) is 0 Å². The lowest BCUT2D eigenvalue weighted by Gasteiger charge is -2.24. The van der Waals surface area contributed by atoms with Crippen LogP contribution in [0.2, 0.25) is 0 Å². The SMILES string of the molecule is CNC(=O)C(C)CN(C)c1ccc(CN)cc1C. The van der Waals surface area contributed by atoms with Crippen LogP contribution < -0.4 is 16.0 Å². The van der Waals surface area contributed by atoms with Gasteiger partial charge >= 0.3 is 0 Å². The lowest BCUT2D eigenvalue weighted by atomic mass is 10.1. The molecule has 0 aromatic heterocycles. The fourth-order valence-corrected chi connectivity index (χ4v) is 2.11. The van der Waals surface area contributed by atoms with E-state index in [-0.39, 0.29) is 11.8 Å². The van der Waals surface area contributed by atoms with Gasteiger partial charge < -0.3 is 16.0 Å². The zero-order chi connectivity index (χ0) is 13.7.